The minimum Gasteiger partial charge on any atom is -0.345 e. The van der Waals surface area contributed by atoms with E-state index in [-0.39, 0.29) is 17.2 Å². The SMILES string of the molecule is Cc1nc(C(=O)N2CCC[C@@]3(CCN(C)C3=O)CC2)cs1. The van der Waals surface area contributed by atoms with E-state index in [0.717, 1.165) is 43.8 Å². The second-order valence-electron chi connectivity index (χ2n) is 6.15. The fourth-order valence-corrected chi connectivity index (χ4v) is 4.07. The molecule has 3 heterocycles. The van der Waals surface area contributed by atoms with Gasteiger partial charge in [0.05, 0.1) is 10.4 Å². The van der Waals surface area contributed by atoms with Gasteiger partial charge in [0.1, 0.15) is 5.69 Å². The Morgan fingerprint density at radius 2 is 2.05 bits per heavy atom. The molecule has 5 nitrogen and oxygen atoms in total. The number of nitrogens with zero attached hydrogens (tertiary/aromatic N) is 3. The second-order valence-corrected chi connectivity index (χ2v) is 7.22. The summed E-state index contributed by atoms with van der Waals surface area (Å²) in [4.78, 5) is 32.9. The number of amides is 2. The van der Waals surface area contributed by atoms with E-state index < -0.39 is 0 Å². The summed E-state index contributed by atoms with van der Waals surface area (Å²) in [6, 6.07) is 0. The topological polar surface area (TPSA) is 53.5 Å². The van der Waals surface area contributed by atoms with E-state index in [1.165, 1.54) is 11.3 Å². The maximum absolute atomic E-state index is 12.5. The maximum atomic E-state index is 12.5. The Bertz CT molecular complexity index is 571. The van der Waals surface area contributed by atoms with Crippen LogP contribution >= 0.6 is 11.3 Å². The molecule has 2 fully saturated rings. The van der Waals surface area contributed by atoms with Crippen LogP contribution in [0.15, 0.2) is 5.38 Å². The first-order valence-corrected chi connectivity index (χ1v) is 8.37. The second kappa shape index (κ2) is 5.40. The molecule has 1 aromatic heterocycles. The number of carbonyl (C=O) groups is 2. The Labute approximate surface area is 129 Å². The third-order valence-electron chi connectivity index (χ3n) is 4.80. The van der Waals surface area contributed by atoms with Crippen LogP contribution < -0.4 is 0 Å². The third-order valence-corrected chi connectivity index (χ3v) is 5.57. The number of aryl methyl sites for hydroxylation is 1. The molecule has 6 heteroatoms. The zero-order valence-electron chi connectivity index (χ0n) is 12.6. The minimum absolute atomic E-state index is 0.00944. The minimum atomic E-state index is -0.220. The van der Waals surface area contributed by atoms with E-state index in [4.69, 9.17) is 0 Å². The summed E-state index contributed by atoms with van der Waals surface area (Å²) in [5.41, 5.74) is 0.324. The molecule has 0 unspecified atom stereocenters. The number of carbonyl (C=O) groups excluding carboxylic acids is 2. The van der Waals surface area contributed by atoms with Crippen molar-refractivity contribution in [1.29, 1.82) is 0 Å². The van der Waals surface area contributed by atoms with Crippen molar-refractivity contribution in [3.8, 4) is 0 Å². The van der Waals surface area contributed by atoms with Gasteiger partial charge >= 0.3 is 0 Å². The molecule has 1 atom stereocenters. The molecule has 1 aromatic rings. The molecule has 3 rings (SSSR count). The lowest BCUT2D eigenvalue weighted by Gasteiger charge is -2.25. The Morgan fingerprint density at radius 1 is 1.29 bits per heavy atom. The van der Waals surface area contributed by atoms with E-state index in [1.54, 1.807) is 0 Å². The fourth-order valence-electron chi connectivity index (χ4n) is 3.48. The Balaban J connectivity index is 1.71. The Morgan fingerprint density at radius 3 is 2.67 bits per heavy atom. The molecule has 21 heavy (non-hydrogen) atoms. The van der Waals surface area contributed by atoms with Gasteiger partial charge in [-0.25, -0.2) is 4.98 Å². The first-order chi connectivity index (χ1) is 10.0. The Kier molecular flexibility index (Phi) is 3.73. The van der Waals surface area contributed by atoms with Crippen LogP contribution in [-0.4, -0.2) is 53.3 Å². The molecule has 114 valence electrons. The highest BCUT2D eigenvalue weighted by Crippen LogP contribution is 2.41. The van der Waals surface area contributed by atoms with Gasteiger partial charge in [-0.1, -0.05) is 0 Å². The van der Waals surface area contributed by atoms with Crippen molar-refractivity contribution in [2.75, 3.05) is 26.7 Å². The van der Waals surface area contributed by atoms with Crippen molar-refractivity contribution in [2.24, 2.45) is 5.41 Å². The molecule has 0 bridgehead atoms. The lowest BCUT2D eigenvalue weighted by atomic mass is 9.79. The van der Waals surface area contributed by atoms with Gasteiger partial charge in [0.2, 0.25) is 5.91 Å². The maximum Gasteiger partial charge on any atom is 0.273 e. The zero-order valence-corrected chi connectivity index (χ0v) is 13.4. The van der Waals surface area contributed by atoms with E-state index in [1.807, 2.05) is 29.2 Å². The predicted molar refractivity (Wildman–Crippen MR) is 81.3 cm³/mol. The normalized spacial score (nSPS) is 26.5. The highest BCUT2D eigenvalue weighted by Gasteiger charge is 2.46. The van der Waals surface area contributed by atoms with Gasteiger partial charge < -0.3 is 9.80 Å². The molecule has 2 saturated heterocycles. The van der Waals surface area contributed by atoms with E-state index in [0.29, 0.717) is 12.2 Å². The number of thiazole rings is 1. The van der Waals surface area contributed by atoms with Crippen LogP contribution in [0.25, 0.3) is 0 Å². The van der Waals surface area contributed by atoms with Gasteiger partial charge in [-0.3, -0.25) is 9.59 Å². The van der Waals surface area contributed by atoms with Crippen molar-refractivity contribution < 1.29 is 9.59 Å². The van der Waals surface area contributed by atoms with Gasteiger partial charge in [-0.15, -0.1) is 11.3 Å². The molecule has 0 saturated carbocycles. The Hall–Kier alpha value is -1.43. The molecular weight excluding hydrogens is 286 g/mol. The number of rotatable bonds is 1. The molecule has 2 aliphatic rings. The van der Waals surface area contributed by atoms with Crippen LogP contribution in [0.4, 0.5) is 0 Å². The number of aromatic nitrogens is 1. The first-order valence-electron chi connectivity index (χ1n) is 7.49. The summed E-state index contributed by atoms with van der Waals surface area (Å²) >= 11 is 1.50. The van der Waals surface area contributed by atoms with E-state index in [9.17, 15) is 9.59 Å². The van der Waals surface area contributed by atoms with Crippen LogP contribution in [0.1, 0.15) is 41.2 Å². The lowest BCUT2D eigenvalue weighted by Crippen LogP contribution is -2.35. The molecule has 0 radical (unpaired) electrons. The predicted octanol–water partition coefficient (Wildman–Crippen LogP) is 1.93. The number of likely N-dealkylation sites (tertiary alicyclic amines) is 2. The fraction of sp³-hybridized carbons (Fsp3) is 0.667. The van der Waals surface area contributed by atoms with Crippen molar-refractivity contribution >= 4 is 23.2 Å². The van der Waals surface area contributed by atoms with Crippen LogP contribution in [0, 0.1) is 12.3 Å². The quantitative estimate of drug-likeness (QED) is 0.796. The highest BCUT2D eigenvalue weighted by molar-refractivity contribution is 7.09. The van der Waals surface area contributed by atoms with Gasteiger partial charge in [-0.2, -0.15) is 0 Å². The third kappa shape index (κ3) is 2.57. The molecule has 1 spiro atoms. The van der Waals surface area contributed by atoms with Crippen molar-refractivity contribution in [2.45, 2.75) is 32.6 Å². The highest BCUT2D eigenvalue weighted by atomic mass is 32.1. The zero-order chi connectivity index (χ0) is 15.0. The standard InChI is InChI=1S/C15H21N3O2S/c1-11-16-12(10-21-11)13(19)18-7-3-4-15(6-9-18)5-8-17(2)14(15)20/h10H,3-9H2,1-2H3/t15-/m1/s1. The monoisotopic (exact) mass is 307 g/mol. The smallest absolute Gasteiger partial charge is 0.273 e. The summed E-state index contributed by atoms with van der Waals surface area (Å²) in [7, 11) is 1.88. The van der Waals surface area contributed by atoms with E-state index in [2.05, 4.69) is 4.98 Å². The molecule has 2 amide bonds. The van der Waals surface area contributed by atoms with Gasteiger partial charge in [-0.05, 0) is 32.6 Å². The summed E-state index contributed by atoms with van der Waals surface area (Å²) in [5, 5.41) is 2.74. The summed E-state index contributed by atoms with van der Waals surface area (Å²) in [6.07, 6.45) is 3.51. The summed E-state index contributed by atoms with van der Waals surface area (Å²) in [6.45, 7) is 4.15. The van der Waals surface area contributed by atoms with Crippen LogP contribution in [0.2, 0.25) is 0 Å². The molecular formula is C15H21N3O2S. The van der Waals surface area contributed by atoms with E-state index >= 15 is 0 Å². The summed E-state index contributed by atoms with van der Waals surface area (Å²) < 4.78 is 0. The van der Waals surface area contributed by atoms with Crippen molar-refractivity contribution in [1.82, 2.24) is 14.8 Å². The van der Waals surface area contributed by atoms with Gasteiger partial charge in [0.15, 0.2) is 0 Å². The van der Waals surface area contributed by atoms with Crippen molar-refractivity contribution in [3.63, 3.8) is 0 Å². The van der Waals surface area contributed by atoms with Gasteiger partial charge in [0, 0.05) is 32.1 Å². The largest absolute Gasteiger partial charge is 0.345 e. The molecule has 0 aromatic carbocycles. The number of hydrogen-bond donors (Lipinski definition) is 0. The lowest BCUT2D eigenvalue weighted by molar-refractivity contribution is -0.135. The van der Waals surface area contributed by atoms with Crippen LogP contribution in [-0.2, 0) is 4.79 Å². The average molecular weight is 307 g/mol. The van der Waals surface area contributed by atoms with Crippen LogP contribution in [0.5, 0.6) is 0 Å². The van der Waals surface area contributed by atoms with Crippen LogP contribution in [0.3, 0.4) is 0 Å². The molecule has 0 N–H and O–H groups in total. The van der Waals surface area contributed by atoms with Gasteiger partial charge in [0.25, 0.3) is 5.91 Å². The molecule has 2 aliphatic heterocycles. The average Bonchev–Trinajstić information content (AvgIpc) is 2.93. The van der Waals surface area contributed by atoms with Crippen molar-refractivity contribution in [3.05, 3.63) is 16.1 Å². The summed E-state index contributed by atoms with van der Waals surface area (Å²) in [5.74, 6) is 0.275. The number of hydrogen-bond acceptors (Lipinski definition) is 4. The first kappa shape index (κ1) is 14.5. The molecule has 0 aliphatic carbocycles.